The number of aryl methyl sites for hydroxylation is 1. The average Bonchev–Trinajstić information content (AvgIpc) is 2.29. The van der Waals surface area contributed by atoms with E-state index in [1.807, 2.05) is 6.92 Å². The van der Waals surface area contributed by atoms with E-state index in [4.69, 9.17) is 58.0 Å². The third kappa shape index (κ3) is 2.74. The van der Waals surface area contributed by atoms with Gasteiger partial charge in [0.05, 0.1) is 20.1 Å². The molecule has 0 heterocycles. The van der Waals surface area contributed by atoms with Crippen molar-refractivity contribution in [1.82, 2.24) is 0 Å². The number of hydrogen-bond acceptors (Lipinski definition) is 0. The van der Waals surface area contributed by atoms with Crippen LogP contribution in [-0.2, 0) is 0 Å². The Hall–Kier alpha value is -0.110. The largest absolute Gasteiger partial charge is 0.0836 e. The lowest BCUT2D eigenvalue weighted by molar-refractivity contribution is 1.46. The van der Waals surface area contributed by atoms with Crippen molar-refractivity contribution >= 4 is 58.0 Å². The molecule has 0 N–H and O–H groups in total. The van der Waals surface area contributed by atoms with Gasteiger partial charge in [0, 0.05) is 10.6 Å². The molecule has 0 nitrogen and oxygen atoms in total. The first-order valence-corrected chi connectivity index (χ1v) is 6.89. The Kier molecular flexibility index (Phi) is 4.36. The fraction of sp³-hybridized carbons (Fsp3) is 0.0769. The zero-order valence-electron chi connectivity index (χ0n) is 9.20. The molecule has 2 aromatic carbocycles. The first-order chi connectivity index (χ1) is 8.40. The molecule has 2 rings (SSSR count). The van der Waals surface area contributed by atoms with E-state index < -0.39 is 0 Å². The highest BCUT2D eigenvalue weighted by Crippen LogP contribution is 2.39. The van der Waals surface area contributed by atoms with Crippen LogP contribution in [0.5, 0.6) is 0 Å². The van der Waals surface area contributed by atoms with E-state index in [0.717, 1.165) is 16.7 Å². The van der Waals surface area contributed by atoms with Crippen molar-refractivity contribution < 1.29 is 0 Å². The Morgan fingerprint density at radius 3 is 1.61 bits per heavy atom. The van der Waals surface area contributed by atoms with Crippen LogP contribution >= 0.6 is 58.0 Å². The first-order valence-electron chi connectivity index (χ1n) is 5.00. The molecule has 0 atom stereocenters. The number of halogens is 5. The van der Waals surface area contributed by atoms with Crippen LogP contribution in [0.1, 0.15) is 5.56 Å². The molecule has 0 amide bonds. The molecule has 18 heavy (non-hydrogen) atoms. The minimum absolute atomic E-state index is 0.420. The smallest absolute Gasteiger partial charge is 0.0607 e. The monoisotopic (exact) mass is 338 g/mol. The number of hydrogen-bond donors (Lipinski definition) is 0. The molecule has 0 bridgehead atoms. The van der Waals surface area contributed by atoms with Crippen LogP contribution in [0.2, 0.25) is 25.1 Å². The van der Waals surface area contributed by atoms with E-state index in [1.54, 1.807) is 24.3 Å². The molecule has 0 aliphatic rings. The summed E-state index contributed by atoms with van der Waals surface area (Å²) in [5.41, 5.74) is 2.62. The van der Waals surface area contributed by atoms with Crippen LogP contribution in [0.25, 0.3) is 11.1 Å². The predicted octanol–water partition coefficient (Wildman–Crippen LogP) is 6.93. The maximum Gasteiger partial charge on any atom is 0.0607 e. The Balaban J connectivity index is 2.69. The molecule has 0 fully saturated rings. The van der Waals surface area contributed by atoms with Crippen LogP contribution in [0.3, 0.4) is 0 Å². The highest BCUT2D eigenvalue weighted by Gasteiger charge is 2.12. The van der Waals surface area contributed by atoms with Gasteiger partial charge in [-0.1, -0.05) is 58.0 Å². The summed E-state index contributed by atoms with van der Waals surface area (Å²) in [5.74, 6) is 0. The van der Waals surface area contributed by atoms with E-state index >= 15 is 0 Å². The molecule has 0 saturated carbocycles. The summed E-state index contributed by atoms with van der Waals surface area (Å²) in [6.45, 7) is 1.93. The maximum atomic E-state index is 6.18. The second kappa shape index (κ2) is 5.48. The fourth-order valence-electron chi connectivity index (χ4n) is 1.67. The van der Waals surface area contributed by atoms with E-state index in [9.17, 15) is 0 Å². The van der Waals surface area contributed by atoms with Crippen molar-refractivity contribution in [3.8, 4) is 11.1 Å². The Morgan fingerprint density at radius 1 is 0.556 bits per heavy atom. The van der Waals surface area contributed by atoms with Crippen molar-refractivity contribution in [1.29, 1.82) is 0 Å². The normalized spacial score (nSPS) is 10.8. The summed E-state index contributed by atoms with van der Waals surface area (Å²) in [6, 6.07) is 6.89. The van der Waals surface area contributed by atoms with Crippen molar-refractivity contribution in [3.63, 3.8) is 0 Å². The number of benzene rings is 2. The minimum Gasteiger partial charge on any atom is -0.0836 e. The minimum atomic E-state index is 0.420. The Bertz CT molecular complexity index is 564. The fourth-order valence-corrected chi connectivity index (χ4v) is 2.70. The van der Waals surface area contributed by atoms with Gasteiger partial charge in [-0.3, -0.25) is 0 Å². The zero-order chi connectivity index (χ0) is 13.4. The molecule has 94 valence electrons. The van der Waals surface area contributed by atoms with Gasteiger partial charge in [-0.2, -0.15) is 0 Å². The van der Waals surface area contributed by atoms with E-state index in [2.05, 4.69) is 0 Å². The molecule has 0 spiro atoms. The SMILES string of the molecule is Cc1cc(Cl)c(Cl)cc1-c1cc(Cl)c(Cl)cc1Cl. The molecular formula is C13H7Cl5. The van der Waals surface area contributed by atoms with Gasteiger partial charge in [0.1, 0.15) is 0 Å². The second-order valence-corrected chi connectivity index (χ2v) is 5.86. The van der Waals surface area contributed by atoms with Crippen LogP contribution in [0, 0.1) is 6.92 Å². The third-order valence-electron chi connectivity index (χ3n) is 2.57. The second-order valence-electron chi connectivity index (χ2n) is 3.83. The molecule has 2 aromatic rings. The summed E-state index contributed by atoms with van der Waals surface area (Å²) in [6.07, 6.45) is 0. The van der Waals surface area contributed by atoms with E-state index in [-0.39, 0.29) is 0 Å². The molecule has 0 unspecified atom stereocenters. The lowest BCUT2D eigenvalue weighted by Crippen LogP contribution is -1.86. The average molecular weight is 340 g/mol. The highest BCUT2D eigenvalue weighted by atomic mass is 35.5. The molecule has 5 heteroatoms. The highest BCUT2D eigenvalue weighted by molar-refractivity contribution is 6.44. The summed E-state index contributed by atoms with van der Waals surface area (Å²) < 4.78 is 0. The molecule has 0 radical (unpaired) electrons. The summed E-state index contributed by atoms with van der Waals surface area (Å²) in [7, 11) is 0. The molecule has 0 aromatic heterocycles. The van der Waals surface area contributed by atoms with Gasteiger partial charge in [0.15, 0.2) is 0 Å². The summed E-state index contributed by atoms with van der Waals surface area (Å²) in [5, 5.41) is 2.36. The van der Waals surface area contributed by atoms with Crippen molar-refractivity contribution in [2.45, 2.75) is 6.92 Å². The van der Waals surface area contributed by atoms with Gasteiger partial charge >= 0.3 is 0 Å². The van der Waals surface area contributed by atoms with Crippen LogP contribution in [0.4, 0.5) is 0 Å². The lowest BCUT2D eigenvalue weighted by atomic mass is 10.0. The van der Waals surface area contributed by atoms with Gasteiger partial charge < -0.3 is 0 Å². The maximum absolute atomic E-state index is 6.18. The number of rotatable bonds is 1. The van der Waals surface area contributed by atoms with E-state index in [0.29, 0.717) is 25.1 Å². The quantitative estimate of drug-likeness (QED) is 0.494. The van der Waals surface area contributed by atoms with Crippen molar-refractivity contribution in [3.05, 3.63) is 54.9 Å². The zero-order valence-corrected chi connectivity index (χ0v) is 13.0. The molecular weight excluding hydrogens is 333 g/mol. The van der Waals surface area contributed by atoms with Gasteiger partial charge in [-0.15, -0.1) is 0 Å². The topological polar surface area (TPSA) is 0 Å². The van der Waals surface area contributed by atoms with Gasteiger partial charge in [-0.05, 0) is 42.3 Å². The Labute approximate surface area is 130 Å². The predicted molar refractivity (Wildman–Crippen MR) is 81.7 cm³/mol. The third-order valence-corrected chi connectivity index (χ3v) is 4.32. The van der Waals surface area contributed by atoms with Crippen molar-refractivity contribution in [2.75, 3.05) is 0 Å². The summed E-state index contributed by atoms with van der Waals surface area (Å²) >= 11 is 30.1. The van der Waals surface area contributed by atoms with Gasteiger partial charge in [-0.25, -0.2) is 0 Å². The first kappa shape index (κ1) is 14.3. The summed E-state index contributed by atoms with van der Waals surface area (Å²) in [4.78, 5) is 0. The molecule has 0 aliphatic carbocycles. The van der Waals surface area contributed by atoms with Crippen molar-refractivity contribution in [2.24, 2.45) is 0 Å². The Morgan fingerprint density at radius 2 is 1.00 bits per heavy atom. The van der Waals surface area contributed by atoms with Crippen LogP contribution in [-0.4, -0.2) is 0 Å². The van der Waals surface area contributed by atoms with Gasteiger partial charge in [0.2, 0.25) is 0 Å². The molecule has 0 aliphatic heterocycles. The molecule has 0 saturated heterocycles. The lowest BCUT2D eigenvalue weighted by Gasteiger charge is -2.11. The standard InChI is InChI=1S/C13H7Cl5/c1-6-2-10(15)11(16)3-7(6)8-4-12(17)13(18)5-9(8)14/h2-5H,1H3. The van der Waals surface area contributed by atoms with E-state index in [1.165, 1.54) is 0 Å². The van der Waals surface area contributed by atoms with Gasteiger partial charge in [0.25, 0.3) is 0 Å². The van der Waals surface area contributed by atoms with Crippen LogP contribution < -0.4 is 0 Å². The van der Waals surface area contributed by atoms with Crippen LogP contribution in [0.15, 0.2) is 24.3 Å².